The number of aliphatic hydroxyl groups excluding tert-OH is 1. The number of anilines is 2. The molecule has 2 aliphatic heterocycles. The first kappa shape index (κ1) is 20.2. The Bertz CT molecular complexity index is 939. The van der Waals surface area contributed by atoms with E-state index in [0.717, 1.165) is 30.9 Å². The number of carbonyl (C=O) groups excluding carboxylic acids is 2. The minimum atomic E-state index is -1.00. The highest BCUT2D eigenvalue weighted by Gasteiger charge is 2.32. The van der Waals surface area contributed by atoms with Gasteiger partial charge < -0.3 is 19.6 Å². The molecule has 8 nitrogen and oxygen atoms in total. The van der Waals surface area contributed by atoms with Gasteiger partial charge in [0.25, 0.3) is 5.91 Å². The Morgan fingerprint density at radius 2 is 1.90 bits per heavy atom. The van der Waals surface area contributed by atoms with E-state index in [1.165, 1.54) is 10.5 Å². The molecule has 1 aromatic carbocycles. The summed E-state index contributed by atoms with van der Waals surface area (Å²) >= 11 is 0. The fraction of sp³-hybridized carbons (Fsp3) is 0.409. The molecule has 0 unspecified atom stereocenters. The Balaban J connectivity index is 1.39. The molecule has 158 valence electrons. The zero-order valence-corrected chi connectivity index (χ0v) is 17.2. The lowest BCUT2D eigenvalue weighted by Gasteiger charge is -2.36. The van der Waals surface area contributed by atoms with Crippen LogP contribution < -0.4 is 9.80 Å². The standard InChI is InChI=1S/C22H26N4O4/c1-3-16-12-15(2)20(23-13-16)24-8-10-25(11-9-24)21(28)17-4-6-18(7-5-17)26-19(27)14-30-22(26)29/h4-7,12-13,19,27H,3,8-11,14H2,1-2H3/t19-/m1/s1. The van der Waals surface area contributed by atoms with Gasteiger partial charge in [0.05, 0.1) is 0 Å². The van der Waals surface area contributed by atoms with Gasteiger partial charge in [0, 0.05) is 43.6 Å². The number of aliphatic hydroxyl groups is 1. The van der Waals surface area contributed by atoms with Gasteiger partial charge in [-0.05, 0) is 48.7 Å². The van der Waals surface area contributed by atoms with Crippen LogP contribution in [0, 0.1) is 6.92 Å². The first-order chi connectivity index (χ1) is 14.5. The fourth-order valence-electron chi connectivity index (χ4n) is 3.91. The first-order valence-electron chi connectivity index (χ1n) is 10.2. The van der Waals surface area contributed by atoms with Gasteiger partial charge in [0.15, 0.2) is 6.23 Å². The number of amides is 2. The van der Waals surface area contributed by atoms with Gasteiger partial charge in [-0.2, -0.15) is 0 Å². The molecule has 1 N–H and O–H groups in total. The Kier molecular flexibility index (Phi) is 5.59. The summed E-state index contributed by atoms with van der Waals surface area (Å²) in [6, 6.07) is 8.84. The van der Waals surface area contributed by atoms with Crippen molar-refractivity contribution in [1.82, 2.24) is 9.88 Å². The Hall–Kier alpha value is -3.13. The number of rotatable bonds is 4. The maximum atomic E-state index is 12.9. The smallest absolute Gasteiger partial charge is 0.416 e. The number of pyridine rings is 1. The Labute approximate surface area is 175 Å². The molecule has 2 aliphatic rings. The van der Waals surface area contributed by atoms with Gasteiger partial charge in [-0.15, -0.1) is 0 Å². The van der Waals surface area contributed by atoms with Crippen LogP contribution >= 0.6 is 0 Å². The molecule has 2 saturated heterocycles. The third kappa shape index (κ3) is 3.82. The number of cyclic esters (lactones) is 1. The summed E-state index contributed by atoms with van der Waals surface area (Å²) in [6.45, 7) is 6.84. The highest BCUT2D eigenvalue weighted by atomic mass is 16.6. The minimum absolute atomic E-state index is 0.0447. The van der Waals surface area contributed by atoms with Gasteiger partial charge in [-0.25, -0.2) is 14.7 Å². The van der Waals surface area contributed by atoms with Crippen molar-refractivity contribution in [3.63, 3.8) is 0 Å². The van der Waals surface area contributed by atoms with Crippen molar-refractivity contribution in [2.45, 2.75) is 26.5 Å². The van der Waals surface area contributed by atoms with Gasteiger partial charge in [0.2, 0.25) is 0 Å². The molecule has 0 radical (unpaired) electrons. The third-order valence-corrected chi connectivity index (χ3v) is 5.62. The molecule has 4 rings (SSSR count). The van der Waals surface area contributed by atoms with Crippen LogP contribution in [0.4, 0.5) is 16.3 Å². The average molecular weight is 410 g/mol. The van der Waals surface area contributed by atoms with Crippen LogP contribution in [-0.2, 0) is 11.2 Å². The number of piperazine rings is 1. The van der Waals surface area contributed by atoms with E-state index in [2.05, 4.69) is 29.8 Å². The number of hydrogen-bond donors (Lipinski definition) is 1. The Morgan fingerprint density at radius 3 is 2.47 bits per heavy atom. The van der Waals surface area contributed by atoms with Crippen LogP contribution in [0.15, 0.2) is 36.5 Å². The number of ether oxygens (including phenoxy) is 1. The first-order valence-corrected chi connectivity index (χ1v) is 10.2. The molecule has 0 spiro atoms. The molecular formula is C22H26N4O4. The molecule has 2 amide bonds. The molecule has 2 fully saturated rings. The minimum Gasteiger partial charge on any atom is -0.444 e. The van der Waals surface area contributed by atoms with Crippen LogP contribution in [-0.4, -0.2) is 66.0 Å². The Morgan fingerprint density at radius 1 is 1.20 bits per heavy atom. The fourth-order valence-corrected chi connectivity index (χ4v) is 3.91. The van der Waals surface area contributed by atoms with Crippen molar-refractivity contribution in [2.75, 3.05) is 42.6 Å². The summed E-state index contributed by atoms with van der Waals surface area (Å²) in [5.41, 5.74) is 3.44. The number of benzene rings is 1. The predicted octanol–water partition coefficient (Wildman–Crippen LogP) is 2.19. The van der Waals surface area contributed by atoms with E-state index in [-0.39, 0.29) is 12.5 Å². The molecule has 3 heterocycles. The lowest BCUT2D eigenvalue weighted by Crippen LogP contribution is -2.49. The van der Waals surface area contributed by atoms with Gasteiger partial charge in [0.1, 0.15) is 12.4 Å². The van der Waals surface area contributed by atoms with Crippen LogP contribution in [0.25, 0.3) is 0 Å². The van der Waals surface area contributed by atoms with Crippen molar-refractivity contribution in [1.29, 1.82) is 0 Å². The van der Waals surface area contributed by atoms with Crippen LogP contribution in [0.2, 0.25) is 0 Å². The number of aromatic nitrogens is 1. The van der Waals surface area contributed by atoms with Crippen molar-refractivity contribution in [2.24, 2.45) is 0 Å². The number of nitrogens with zero attached hydrogens (tertiary/aromatic N) is 4. The normalized spacial score (nSPS) is 19.2. The van der Waals surface area contributed by atoms with E-state index in [0.29, 0.717) is 24.3 Å². The van der Waals surface area contributed by atoms with E-state index in [9.17, 15) is 14.7 Å². The van der Waals surface area contributed by atoms with Crippen molar-refractivity contribution in [3.05, 3.63) is 53.2 Å². The molecule has 1 atom stereocenters. The number of carbonyl (C=O) groups is 2. The summed E-state index contributed by atoms with van der Waals surface area (Å²) in [4.78, 5) is 34.5. The SMILES string of the molecule is CCc1cnc(N2CCN(C(=O)c3ccc(N4C(=O)OC[C@H]4O)cc3)CC2)c(C)c1. The number of aryl methyl sites for hydroxylation is 2. The van der Waals surface area contributed by atoms with E-state index < -0.39 is 12.3 Å². The van der Waals surface area contributed by atoms with Crippen LogP contribution in [0.3, 0.4) is 0 Å². The molecule has 2 aromatic rings. The molecule has 1 aromatic heterocycles. The predicted molar refractivity (Wildman–Crippen MR) is 113 cm³/mol. The molecule has 0 saturated carbocycles. The second-order valence-corrected chi connectivity index (χ2v) is 7.59. The van der Waals surface area contributed by atoms with Crippen molar-refractivity contribution in [3.8, 4) is 0 Å². The quantitative estimate of drug-likeness (QED) is 0.832. The summed E-state index contributed by atoms with van der Waals surface area (Å²) in [5, 5.41) is 9.86. The topological polar surface area (TPSA) is 86.2 Å². The number of hydrogen-bond acceptors (Lipinski definition) is 6. The van der Waals surface area contributed by atoms with Gasteiger partial charge in [-0.1, -0.05) is 13.0 Å². The van der Waals surface area contributed by atoms with Crippen LogP contribution in [0.5, 0.6) is 0 Å². The summed E-state index contributed by atoms with van der Waals surface area (Å²) in [5.74, 6) is 0.941. The van der Waals surface area contributed by atoms with Crippen molar-refractivity contribution < 1.29 is 19.4 Å². The van der Waals surface area contributed by atoms with E-state index in [1.54, 1.807) is 24.3 Å². The monoisotopic (exact) mass is 410 g/mol. The zero-order chi connectivity index (χ0) is 21.3. The molecule has 0 aliphatic carbocycles. The van der Waals surface area contributed by atoms with E-state index in [1.807, 2.05) is 11.1 Å². The van der Waals surface area contributed by atoms with Crippen molar-refractivity contribution >= 4 is 23.5 Å². The second kappa shape index (κ2) is 8.31. The largest absolute Gasteiger partial charge is 0.444 e. The lowest BCUT2D eigenvalue weighted by atomic mass is 10.1. The molecule has 30 heavy (non-hydrogen) atoms. The van der Waals surface area contributed by atoms with E-state index >= 15 is 0 Å². The van der Waals surface area contributed by atoms with Crippen LogP contribution in [0.1, 0.15) is 28.4 Å². The summed E-state index contributed by atoms with van der Waals surface area (Å²) in [7, 11) is 0. The molecule has 0 bridgehead atoms. The molecular weight excluding hydrogens is 384 g/mol. The second-order valence-electron chi connectivity index (χ2n) is 7.59. The van der Waals surface area contributed by atoms with Gasteiger partial charge in [-0.3, -0.25) is 4.79 Å². The highest BCUT2D eigenvalue weighted by Crippen LogP contribution is 2.24. The maximum Gasteiger partial charge on any atom is 0.416 e. The zero-order valence-electron chi connectivity index (χ0n) is 17.2. The third-order valence-electron chi connectivity index (χ3n) is 5.62. The summed E-state index contributed by atoms with van der Waals surface area (Å²) in [6.07, 6.45) is 1.30. The summed E-state index contributed by atoms with van der Waals surface area (Å²) < 4.78 is 4.82. The van der Waals surface area contributed by atoms with Gasteiger partial charge >= 0.3 is 6.09 Å². The lowest BCUT2D eigenvalue weighted by molar-refractivity contribution is 0.0746. The average Bonchev–Trinajstić information content (AvgIpc) is 3.11. The van der Waals surface area contributed by atoms with E-state index in [4.69, 9.17) is 4.74 Å². The maximum absolute atomic E-state index is 12.9. The molecule has 8 heteroatoms. The highest BCUT2D eigenvalue weighted by molar-refractivity contribution is 5.96.